The molecule has 1 saturated heterocycles. The second-order valence-corrected chi connectivity index (χ2v) is 7.31. The standard InChI is InChI=1S/C23H28N2O3/c1-17-7-8-18(2)21(15-17)22(26)9-10-23(27)25-13-11-24(12-14-25)19-5-4-6-20(16-19)28-3/h4-8,15-16H,9-14H2,1-3H3. The fourth-order valence-corrected chi connectivity index (χ4v) is 3.57. The van der Waals surface area contributed by atoms with Gasteiger partial charge in [-0.25, -0.2) is 0 Å². The van der Waals surface area contributed by atoms with Crippen molar-refractivity contribution in [2.24, 2.45) is 0 Å². The van der Waals surface area contributed by atoms with Gasteiger partial charge in [-0.05, 0) is 37.6 Å². The first-order chi connectivity index (χ1) is 13.5. The summed E-state index contributed by atoms with van der Waals surface area (Å²) in [6, 6.07) is 13.8. The van der Waals surface area contributed by atoms with Crippen molar-refractivity contribution in [3.05, 3.63) is 59.2 Å². The van der Waals surface area contributed by atoms with Crippen LogP contribution < -0.4 is 9.64 Å². The molecule has 5 nitrogen and oxygen atoms in total. The second-order valence-electron chi connectivity index (χ2n) is 7.31. The first kappa shape index (κ1) is 19.9. The van der Waals surface area contributed by atoms with Crippen molar-refractivity contribution in [1.82, 2.24) is 4.90 Å². The monoisotopic (exact) mass is 380 g/mol. The van der Waals surface area contributed by atoms with Crippen LogP contribution in [0.5, 0.6) is 5.75 Å². The van der Waals surface area contributed by atoms with Crippen LogP contribution in [0, 0.1) is 13.8 Å². The van der Waals surface area contributed by atoms with Crippen molar-refractivity contribution in [1.29, 1.82) is 0 Å². The Bertz CT molecular complexity index is 855. The Morgan fingerprint density at radius 1 is 0.964 bits per heavy atom. The van der Waals surface area contributed by atoms with E-state index in [9.17, 15) is 9.59 Å². The number of carbonyl (C=O) groups is 2. The summed E-state index contributed by atoms with van der Waals surface area (Å²) >= 11 is 0. The molecule has 2 aromatic rings. The average molecular weight is 380 g/mol. The van der Waals surface area contributed by atoms with Crippen LogP contribution in [0.15, 0.2) is 42.5 Å². The van der Waals surface area contributed by atoms with E-state index in [2.05, 4.69) is 11.0 Å². The van der Waals surface area contributed by atoms with E-state index >= 15 is 0 Å². The van der Waals surface area contributed by atoms with Gasteiger partial charge in [0.1, 0.15) is 5.75 Å². The molecule has 1 heterocycles. The number of amides is 1. The average Bonchev–Trinajstić information content (AvgIpc) is 2.73. The fraction of sp³-hybridized carbons (Fsp3) is 0.391. The highest BCUT2D eigenvalue weighted by Crippen LogP contribution is 2.22. The number of benzene rings is 2. The molecular formula is C23H28N2O3. The van der Waals surface area contributed by atoms with E-state index in [0.717, 1.165) is 41.2 Å². The lowest BCUT2D eigenvalue weighted by Gasteiger charge is -2.36. The van der Waals surface area contributed by atoms with Gasteiger partial charge in [0.05, 0.1) is 7.11 Å². The molecule has 28 heavy (non-hydrogen) atoms. The number of rotatable bonds is 6. The number of hydrogen-bond donors (Lipinski definition) is 0. The van der Waals surface area contributed by atoms with Crippen molar-refractivity contribution in [3.63, 3.8) is 0 Å². The lowest BCUT2D eigenvalue weighted by molar-refractivity contribution is -0.131. The summed E-state index contributed by atoms with van der Waals surface area (Å²) in [4.78, 5) is 29.2. The normalized spacial score (nSPS) is 14.1. The summed E-state index contributed by atoms with van der Waals surface area (Å²) in [6.07, 6.45) is 0.532. The number of hydrogen-bond acceptors (Lipinski definition) is 4. The molecule has 0 saturated carbocycles. The van der Waals surface area contributed by atoms with Gasteiger partial charge in [0.2, 0.25) is 5.91 Å². The molecule has 0 unspecified atom stereocenters. The number of methoxy groups -OCH3 is 1. The Morgan fingerprint density at radius 2 is 1.71 bits per heavy atom. The van der Waals surface area contributed by atoms with E-state index in [-0.39, 0.29) is 24.5 Å². The van der Waals surface area contributed by atoms with E-state index < -0.39 is 0 Å². The number of ether oxygens (including phenoxy) is 1. The summed E-state index contributed by atoms with van der Waals surface area (Å²) in [7, 11) is 1.66. The predicted octanol–water partition coefficient (Wildman–Crippen LogP) is 3.62. The molecule has 0 spiro atoms. The minimum absolute atomic E-state index is 0.0459. The number of Topliss-reactive ketones (excluding diaryl/α,β-unsaturated/α-hetero) is 1. The molecule has 0 radical (unpaired) electrons. The van der Waals surface area contributed by atoms with Gasteiger partial charge >= 0.3 is 0 Å². The van der Waals surface area contributed by atoms with Crippen molar-refractivity contribution >= 4 is 17.4 Å². The third-order valence-electron chi connectivity index (χ3n) is 5.31. The van der Waals surface area contributed by atoms with E-state index in [1.165, 1.54) is 0 Å². The maximum absolute atomic E-state index is 12.6. The molecule has 0 aromatic heterocycles. The summed E-state index contributed by atoms with van der Waals surface area (Å²) in [5.74, 6) is 0.939. The number of nitrogens with zero attached hydrogens (tertiary/aromatic N) is 2. The summed E-state index contributed by atoms with van der Waals surface area (Å²) < 4.78 is 5.29. The van der Waals surface area contributed by atoms with Gasteiger partial charge < -0.3 is 14.5 Å². The molecule has 2 aromatic carbocycles. The topological polar surface area (TPSA) is 49.9 Å². The largest absolute Gasteiger partial charge is 0.497 e. The van der Waals surface area contributed by atoms with E-state index in [0.29, 0.717) is 13.1 Å². The maximum atomic E-state index is 12.6. The van der Waals surface area contributed by atoms with Gasteiger partial charge in [-0.3, -0.25) is 9.59 Å². The van der Waals surface area contributed by atoms with Gasteiger partial charge in [0.25, 0.3) is 0 Å². The maximum Gasteiger partial charge on any atom is 0.223 e. The molecule has 148 valence electrons. The first-order valence-electron chi connectivity index (χ1n) is 9.75. The molecule has 0 N–H and O–H groups in total. The molecule has 0 bridgehead atoms. The van der Waals surface area contributed by atoms with Crippen molar-refractivity contribution in [3.8, 4) is 5.75 Å². The molecule has 1 fully saturated rings. The van der Waals surface area contributed by atoms with Crippen molar-refractivity contribution in [2.45, 2.75) is 26.7 Å². The molecule has 1 amide bonds. The molecule has 5 heteroatoms. The second kappa shape index (κ2) is 8.91. The van der Waals surface area contributed by atoms with Crippen LogP contribution >= 0.6 is 0 Å². The zero-order chi connectivity index (χ0) is 20.1. The van der Waals surface area contributed by atoms with Crippen LogP contribution in [0.1, 0.15) is 34.3 Å². The predicted molar refractivity (Wildman–Crippen MR) is 111 cm³/mol. The molecule has 1 aliphatic rings. The van der Waals surface area contributed by atoms with Crippen molar-refractivity contribution < 1.29 is 14.3 Å². The highest BCUT2D eigenvalue weighted by molar-refractivity contribution is 5.99. The van der Waals surface area contributed by atoms with Gasteiger partial charge in [-0.15, -0.1) is 0 Å². The third kappa shape index (κ3) is 4.71. The summed E-state index contributed by atoms with van der Waals surface area (Å²) in [5, 5.41) is 0. The van der Waals surface area contributed by atoms with E-state index in [1.54, 1.807) is 7.11 Å². The van der Waals surface area contributed by atoms with Crippen LogP contribution in [0.3, 0.4) is 0 Å². The van der Waals surface area contributed by atoms with Crippen LogP contribution in [0.4, 0.5) is 5.69 Å². The third-order valence-corrected chi connectivity index (χ3v) is 5.31. The quantitative estimate of drug-likeness (QED) is 0.718. The first-order valence-corrected chi connectivity index (χ1v) is 9.75. The molecular weight excluding hydrogens is 352 g/mol. The Hall–Kier alpha value is -2.82. The highest BCUT2D eigenvalue weighted by atomic mass is 16.5. The molecule has 0 atom stereocenters. The SMILES string of the molecule is COc1cccc(N2CCN(C(=O)CCC(=O)c3cc(C)ccc3C)CC2)c1. The Balaban J connectivity index is 1.51. The number of piperazine rings is 1. The Labute approximate surface area is 166 Å². The van der Waals surface area contributed by atoms with Gasteiger partial charge in [0.15, 0.2) is 5.78 Å². The minimum atomic E-state index is 0.0459. The van der Waals surface area contributed by atoms with E-state index in [4.69, 9.17) is 4.74 Å². The van der Waals surface area contributed by atoms with E-state index in [1.807, 2.05) is 55.1 Å². The lowest BCUT2D eigenvalue weighted by Crippen LogP contribution is -2.48. The zero-order valence-electron chi connectivity index (χ0n) is 16.9. The van der Waals surface area contributed by atoms with Gasteiger partial charge in [-0.1, -0.05) is 23.8 Å². The van der Waals surface area contributed by atoms with Crippen LogP contribution in [-0.4, -0.2) is 49.9 Å². The van der Waals surface area contributed by atoms with Gasteiger partial charge in [-0.2, -0.15) is 0 Å². The van der Waals surface area contributed by atoms with Crippen molar-refractivity contribution in [2.75, 3.05) is 38.2 Å². The highest BCUT2D eigenvalue weighted by Gasteiger charge is 2.22. The number of ketones is 1. The smallest absolute Gasteiger partial charge is 0.223 e. The Kier molecular flexibility index (Phi) is 6.34. The minimum Gasteiger partial charge on any atom is -0.497 e. The number of anilines is 1. The lowest BCUT2D eigenvalue weighted by atomic mass is 9.99. The molecule has 1 aliphatic heterocycles. The molecule has 3 rings (SSSR count). The van der Waals surface area contributed by atoms with Gasteiger partial charge in [0, 0.05) is 56.3 Å². The zero-order valence-corrected chi connectivity index (χ0v) is 16.9. The van der Waals surface area contributed by atoms with Crippen LogP contribution in [-0.2, 0) is 4.79 Å². The van der Waals surface area contributed by atoms with Crippen LogP contribution in [0.2, 0.25) is 0 Å². The van der Waals surface area contributed by atoms with Crippen LogP contribution in [0.25, 0.3) is 0 Å². The Morgan fingerprint density at radius 3 is 2.43 bits per heavy atom. The fourth-order valence-electron chi connectivity index (χ4n) is 3.57. The summed E-state index contributed by atoms with van der Waals surface area (Å²) in [5.41, 5.74) is 3.87. The summed E-state index contributed by atoms with van der Waals surface area (Å²) in [6.45, 7) is 6.82. The number of carbonyl (C=O) groups excluding carboxylic acids is 2. The molecule has 0 aliphatic carbocycles. The number of aryl methyl sites for hydroxylation is 2.